The summed E-state index contributed by atoms with van der Waals surface area (Å²) in [5.41, 5.74) is 11.5. The topological polar surface area (TPSA) is 87.0 Å². The molecular formula is C5H15N3. The molecule has 0 aromatic heterocycles. The van der Waals surface area contributed by atoms with Gasteiger partial charge in [0.15, 0.2) is 0 Å². The minimum atomic E-state index is 0. The zero-order valence-electron chi connectivity index (χ0n) is 5.57. The lowest BCUT2D eigenvalue weighted by molar-refractivity contribution is 1.02. The second-order valence-electron chi connectivity index (χ2n) is 1.59. The number of allylic oxidation sites excluding steroid dienone is 1. The molecule has 0 saturated carbocycles. The summed E-state index contributed by atoms with van der Waals surface area (Å²) in [5, 5.41) is 0. The van der Waals surface area contributed by atoms with Crippen molar-refractivity contribution in [1.82, 2.24) is 6.15 Å². The van der Waals surface area contributed by atoms with E-state index < -0.39 is 0 Å². The molecule has 0 spiro atoms. The van der Waals surface area contributed by atoms with Crippen molar-refractivity contribution < 1.29 is 0 Å². The molecule has 0 heterocycles. The van der Waals surface area contributed by atoms with Crippen LogP contribution in [0.5, 0.6) is 0 Å². The smallest absolute Gasteiger partial charge is 0.0922 e. The van der Waals surface area contributed by atoms with E-state index in [-0.39, 0.29) is 6.15 Å². The van der Waals surface area contributed by atoms with Crippen LogP contribution in [0, 0.1) is 0 Å². The molecule has 0 aliphatic carbocycles. The average molecular weight is 117 g/mol. The van der Waals surface area contributed by atoms with Crippen LogP contribution in [0.3, 0.4) is 0 Å². The number of hydrogen-bond donors (Lipinski definition) is 3. The highest BCUT2D eigenvalue weighted by molar-refractivity contribution is 5.02. The van der Waals surface area contributed by atoms with Crippen LogP contribution < -0.4 is 17.6 Å². The molecule has 0 unspecified atom stereocenters. The van der Waals surface area contributed by atoms with E-state index >= 15 is 0 Å². The summed E-state index contributed by atoms with van der Waals surface area (Å²) >= 11 is 0. The molecule has 0 bridgehead atoms. The molecule has 3 heteroatoms. The van der Waals surface area contributed by atoms with Crippen molar-refractivity contribution >= 4 is 0 Å². The Balaban J connectivity index is 0. The van der Waals surface area contributed by atoms with Crippen molar-refractivity contribution in [2.45, 2.75) is 20.3 Å². The van der Waals surface area contributed by atoms with Gasteiger partial charge in [0.2, 0.25) is 0 Å². The Labute approximate surface area is 50.3 Å². The molecule has 0 aromatic carbocycles. The van der Waals surface area contributed by atoms with E-state index in [4.69, 9.17) is 11.5 Å². The number of nitrogens with two attached hydrogens (primary N) is 2. The summed E-state index contributed by atoms with van der Waals surface area (Å²) in [4.78, 5) is 0. The van der Waals surface area contributed by atoms with E-state index in [9.17, 15) is 0 Å². The van der Waals surface area contributed by atoms with Gasteiger partial charge >= 0.3 is 0 Å². The van der Waals surface area contributed by atoms with Gasteiger partial charge in [0.1, 0.15) is 0 Å². The molecule has 8 heavy (non-hydrogen) atoms. The second kappa shape index (κ2) is 4.46. The van der Waals surface area contributed by atoms with E-state index in [1.807, 2.05) is 13.8 Å². The minimum Gasteiger partial charge on any atom is -0.386 e. The maximum absolute atomic E-state index is 5.20. The first kappa shape index (κ1) is 10.3. The molecule has 50 valence electrons. The highest BCUT2D eigenvalue weighted by Crippen LogP contribution is 1.95. The maximum atomic E-state index is 5.20. The lowest BCUT2D eigenvalue weighted by Crippen LogP contribution is -2.10. The first-order valence-electron chi connectivity index (χ1n) is 2.39. The first-order chi connectivity index (χ1) is 3.18. The highest BCUT2D eigenvalue weighted by atomic mass is 14.8. The molecule has 0 atom stereocenters. The monoisotopic (exact) mass is 117 g/mol. The fraction of sp³-hybridized carbons (Fsp3) is 0.600. The Bertz CT molecular complexity index is 81.7. The summed E-state index contributed by atoms with van der Waals surface area (Å²) in [6.45, 7) is 3.95. The summed E-state index contributed by atoms with van der Waals surface area (Å²) in [6, 6.07) is 0. The van der Waals surface area contributed by atoms with E-state index in [2.05, 4.69) is 0 Å². The summed E-state index contributed by atoms with van der Waals surface area (Å²) < 4.78 is 0. The molecule has 0 aliphatic rings. The van der Waals surface area contributed by atoms with Crippen LogP contribution in [-0.2, 0) is 0 Å². The van der Waals surface area contributed by atoms with Crippen molar-refractivity contribution in [2.24, 2.45) is 11.5 Å². The lowest BCUT2D eigenvalue weighted by atomic mass is 10.2. The van der Waals surface area contributed by atoms with E-state index in [0.29, 0.717) is 5.82 Å². The Morgan fingerprint density at radius 2 is 1.75 bits per heavy atom. The Hall–Kier alpha value is -0.700. The van der Waals surface area contributed by atoms with Gasteiger partial charge < -0.3 is 17.6 Å². The van der Waals surface area contributed by atoms with Crippen molar-refractivity contribution in [2.75, 3.05) is 0 Å². The first-order valence-corrected chi connectivity index (χ1v) is 2.39. The zero-order chi connectivity index (χ0) is 5.86. The zero-order valence-corrected chi connectivity index (χ0v) is 5.57. The Morgan fingerprint density at radius 1 is 1.38 bits per heavy atom. The van der Waals surface area contributed by atoms with Crippen LogP contribution in [-0.4, -0.2) is 0 Å². The summed E-state index contributed by atoms with van der Waals surface area (Å²) in [6.07, 6.45) is 0.947. The molecule has 0 rings (SSSR count). The third kappa shape index (κ3) is 3.49. The third-order valence-corrected chi connectivity index (χ3v) is 1.02. The van der Waals surface area contributed by atoms with E-state index in [1.54, 1.807) is 0 Å². The van der Waals surface area contributed by atoms with Crippen molar-refractivity contribution in [3.05, 3.63) is 11.4 Å². The van der Waals surface area contributed by atoms with Gasteiger partial charge in [-0.2, -0.15) is 0 Å². The predicted molar refractivity (Wildman–Crippen MR) is 36.4 cm³/mol. The van der Waals surface area contributed by atoms with Gasteiger partial charge in [-0.3, -0.25) is 0 Å². The molecule has 0 aromatic rings. The predicted octanol–water partition coefficient (Wildman–Crippen LogP) is 0.707. The van der Waals surface area contributed by atoms with Crippen molar-refractivity contribution in [3.63, 3.8) is 0 Å². The summed E-state index contributed by atoms with van der Waals surface area (Å²) in [5.74, 6) is 0.461. The van der Waals surface area contributed by atoms with Crippen LogP contribution in [0.2, 0.25) is 0 Å². The van der Waals surface area contributed by atoms with Gasteiger partial charge in [-0.1, -0.05) is 6.92 Å². The van der Waals surface area contributed by atoms with Crippen LogP contribution in [0.1, 0.15) is 20.3 Å². The van der Waals surface area contributed by atoms with E-state index in [0.717, 1.165) is 12.0 Å². The molecule has 0 fully saturated rings. The normalized spacial score (nSPS) is 7.25. The van der Waals surface area contributed by atoms with E-state index in [1.165, 1.54) is 0 Å². The number of rotatable bonds is 1. The quantitative estimate of drug-likeness (QED) is 0.472. The molecule has 0 saturated heterocycles. The molecule has 3 nitrogen and oxygen atoms in total. The van der Waals surface area contributed by atoms with Gasteiger partial charge in [-0.15, -0.1) is 0 Å². The molecule has 7 N–H and O–H groups in total. The largest absolute Gasteiger partial charge is 0.386 e. The lowest BCUT2D eigenvalue weighted by Gasteiger charge is -1.94. The van der Waals surface area contributed by atoms with Crippen LogP contribution in [0.4, 0.5) is 0 Å². The molecular weight excluding hydrogens is 102 g/mol. The fourth-order valence-electron chi connectivity index (χ4n) is 0.204. The second-order valence-corrected chi connectivity index (χ2v) is 1.59. The molecule has 0 aliphatic heterocycles. The van der Waals surface area contributed by atoms with Gasteiger partial charge in [0.25, 0.3) is 0 Å². The van der Waals surface area contributed by atoms with Crippen LogP contribution >= 0.6 is 0 Å². The van der Waals surface area contributed by atoms with Crippen molar-refractivity contribution in [1.29, 1.82) is 0 Å². The summed E-state index contributed by atoms with van der Waals surface area (Å²) in [7, 11) is 0. The van der Waals surface area contributed by atoms with Crippen LogP contribution in [0.25, 0.3) is 0 Å². The fourth-order valence-corrected chi connectivity index (χ4v) is 0.204. The van der Waals surface area contributed by atoms with Gasteiger partial charge in [0, 0.05) is 0 Å². The van der Waals surface area contributed by atoms with Crippen molar-refractivity contribution in [3.8, 4) is 0 Å². The maximum Gasteiger partial charge on any atom is 0.0922 e. The average Bonchev–Trinajstić information content (AvgIpc) is 1.65. The number of hydrogen-bond acceptors (Lipinski definition) is 3. The molecule has 0 amide bonds. The standard InChI is InChI=1S/C5H12N2.H3N/c1-3-4(2)5(6)7;/h3,6-7H2,1-2H3;1H3. The van der Waals surface area contributed by atoms with Crippen LogP contribution in [0.15, 0.2) is 11.4 Å². The third-order valence-electron chi connectivity index (χ3n) is 1.02. The molecule has 0 radical (unpaired) electrons. The highest BCUT2D eigenvalue weighted by Gasteiger charge is 1.84. The van der Waals surface area contributed by atoms with Gasteiger partial charge in [-0.05, 0) is 18.9 Å². The SMILES string of the molecule is CCC(C)=C(N)N.N. The minimum absolute atomic E-state index is 0. The van der Waals surface area contributed by atoms with Gasteiger partial charge in [0.05, 0.1) is 5.82 Å². The Kier molecular flexibility index (Phi) is 5.75. The Morgan fingerprint density at radius 3 is 1.75 bits per heavy atom. The van der Waals surface area contributed by atoms with Gasteiger partial charge in [-0.25, -0.2) is 0 Å².